The van der Waals surface area contributed by atoms with Crippen molar-refractivity contribution in [2.24, 2.45) is 0 Å². The second kappa shape index (κ2) is 13.0. The monoisotopic (exact) mass is 397 g/mol. The molecule has 158 valence electrons. The number of benzene rings is 1. The number of para-hydroxylation sites is 1. The summed E-state index contributed by atoms with van der Waals surface area (Å²) in [7, 11) is 0. The van der Waals surface area contributed by atoms with Crippen LogP contribution in [-0.4, -0.2) is 22.9 Å². The van der Waals surface area contributed by atoms with Crippen molar-refractivity contribution >= 4 is 28.7 Å². The number of allylic oxidation sites excluding steroid dienone is 1. The Balaban J connectivity index is 1.92. The van der Waals surface area contributed by atoms with Crippen molar-refractivity contribution in [1.82, 2.24) is 4.57 Å². The van der Waals surface area contributed by atoms with E-state index in [4.69, 9.17) is 4.74 Å². The van der Waals surface area contributed by atoms with Gasteiger partial charge in [0.1, 0.15) is 0 Å². The molecule has 0 aliphatic rings. The Bertz CT molecular complexity index is 804. The Morgan fingerprint density at radius 1 is 0.966 bits per heavy atom. The van der Waals surface area contributed by atoms with E-state index in [0.29, 0.717) is 19.4 Å². The number of aromatic nitrogens is 1. The zero-order valence-electron chi connectivity index (χ0n) is 18.0. The summed E-state index contributed by atoms with van der Waals surface area (Å²) in [6, 6.07) is 10.5. The maximum atomic E-state index is 12.1. The van der Waals surface area contributed by atoms with Gasteiger partial charge >= 0.3 is 5.97 Å². The van der Waals surface area contributed by atoms with Crippen LogP contribution in [0.5, 0.6) is 0 Å². The van der Waals surface area contributed by atoms with E-state index in [-0.39, 0.29) is 11.8 Å². The predicted molar refractivity (Wildman–Crippen MR) is 120 cm³/mol. The molecule has 0 unspecified atom stereocenters. The molecule has 29 heavy (non-hydrogen) atoms. The summed E-state index contributed by atoms with van der Waals surface area (Å²) >= 11 is 0. The summed E-state index contributed by atoms with van der Waals surface area (Å²) in [4.78, 5) is 23.5. The van der Waals surface area contributed by atoms with Gasteiger partial charge in [0.15, 0.2) is 5.78 Å². The number of esters is 1. The maximum absolute atomic E-state index is 12.1. The fourth-order valence-electron chi connectivity index (χ4n) is 3.56. The van der Waals surface area contributed by atoms with E-state index in [1.54, 1.807) is 6.08 Å². The number of ether oxygens (including phenoxy) is 1. The van der Waals surface area contributed by atoms with Crippen LogP contribution in [0.25, 0.3) is 17.0 Å². The zero-order valence-corrected chi connectivity index (χ0v) is 18.0. The summed E-state index contributed by atoms with van der Waals surface area (Å²) in [5, 5.41) is 1.20. The quantitative estimate of drug-likeness (QED) is 0.213. The van der Waals surface area contributed by atoms with Crippen molar-refractivity contribution in [1.29, 1.82) is 0 Å². The number of hydrogen-bond acceptors (Lipinski definition) is 3. The topological polar surface area (TPSA) is 48.3 Å². The lowest BCUT2D eigenvalue weighted by Crippen LogP contribution is -2.03. The van der Waals surface area contributed by atoms with Gasteiger partial charge in [-0.25, -0.2) is 0 Å². The Morgan fingerprint density at radius 3 is 2.52 bits per heavy atom. The molecule has 0 bridgehead atoms. The molecule has 2 aromatic rings. The Labute approximate surface area is 174 Å². The average molecular weight is 398 g/mol. The number of rotatable bonds is 14. The standard InChI is InChI=1S/C25H35NO3/c1-3-5-8-14-23(27)18-17-22-20-21-13-10-11-15-24(21)26(22)19-12-7-6-9-16-25(28)29-4-2/h10-11,13,15,17-18,20H,3-9,12,14,16,19H2,1-2H3/b18-17+. The van der Waals surface area contributed by atoms with E-state index < -0.39 is 0 Å². The number of unbranched alkanes of at least 4 members (excludes halogenated alkanes) is 5. The van der Waals surface area contributed by atoms with E-state index >= 15 is 0 Å². The number of nitrogens with zero attached hydrogens (tertiary/aromatic N) is 1. The third-order valence-corrected chi connectivity index (χ3v) is 5.13. The lowest BCUT2D eigenvalue weighted by atomic mass is 10.1. The number of fused-ring (bicyclic) bond motifs is 1. The second-order valence-corrected chi connectivity index (χ2v) is 7.51. The minimum atomic E-state index is -0.0973. The van der Waals surface area contributed by atoms with Crippen LogP contribution in [0.15, 0.2) is 36.4 Å². The minimum absolute atomic E-state index is 0.0973. The molecular weight excluding hydrogens is 362 g/mol. The molecule has 4 heteroatoms. The average Bonchev–Trinajstić information content (AvgIpc) is 3.07. The van der Waals surface area contributed by atoms with Crippen LogP contribution in [0.4, 0.5) is 0 Å². The summed E-state index contributed by atoms with van der Waals surface area (Å²) in [5.41, 5.74) is 2.29. The first-order chi connectivity index (χ1) is 14.2. The molecule has 1 aromatic carbocycles. The Kier molecular flexibility index (Phi) is 10.3. The lowest BCUT2D eigenvalue weighted by Gasteiger charge is -2.09. The molecule has 4 nitrogen and oxygen atoms in total. The molecule has 0 atom stereocenters. The van der Waals surface area contributed by atoms with Crippen LogP contribution in [0, 0.1) is 0 Å². The molecular formula is C25H35NO3. The Hall–Kier alpha value is -2.36. The Morgan fingerprint density at radius 2 is 1.72 bits per heavy atom. The van der Waals surface area contributed by atoms with Gasteiger partial charge in [0.05, 0.1) is 6.61 Å². The van der Waals surface area contributed by atoms with E-state index in [0.717, 1.165) is 57.2 Å². The summed E-state index contributed by atoms with van der Waals surface area (Å²) in [5.74, 6) is 0.106. The molecule has 2 rings (SSSR count). The van der Waals surface area contributed by atoms with Gasteiger partial charge in [0.2, 0.25) is 0 Å². The molecule has 1 heterocycles. The normalized spacial score (nSPS) is 11.4. The van der Waals surface area contributed by atoms with Crippen LogP contribution in [0.3, 0.4) is 0 Å². The van der Waals surface area contributed by atoms with Crippen molar-refractivity contribution in [2.75, 3.05) is 6.61 Å². The van der Waals surface area contributed by atoms with Gasteiger partial charge in [-0.2, -0.15) is 0 Å². The van der Waals surface area contributed by atoms with Crippen molar-refractivity contribution in [2.45, 2.75) is 78.2 Å². The summed E-state index contributed by atoms with van der Waals surface area (Å²) in [6.07, 6.45) is 12.1. The minimum Gasteiger partial charge on any atom is -0.466 e. The third kappa shape index (κ3) is 7.88. The van der Waals surface area contributed by atoms with Gasteiger partial charge < -0.3 is 9.30 Å². The van der Waals surface area contributed by atoms with Crippen molar-refractivity contribution in [3.63, 3.8) is 0 Å². The van der Waals surface area contributed by atoms with Crippen LogP contribution in [0.1, 0.15) is 77.3 Å². The van der Waals surface area contributed by atoms with E-state index in [9.17, 15) is 9.59 Å². The highest BCUT2D eigenvalue weighted by atomic mass is 16.5. The van der Waals surface area contributed by atoms with Crippen molar-refractivity contribution in [3.8, 4) is 0 Å². The number of hydrogen-bond donors (Lipinski definition) is 0. The van der Waals surface area contributed by atoms with Crippen molar-refractivity contribution in [3.05, 3.63) is 42.1 Å². The SMILES string of the molecule is CCCCCC(=O)/C=C/c1cc2ccccc2n1CCCCCCC(=O)OCC. The fraction of sp³-hybridized carbons (Fsp3) is 0.520. The van der Waals surface area contributed by atoms with Crippen LogP contribution in [0.2, 0.25) is 0 Å². The van der Waals surface area contributed by atoms with E-state index in [1.165, 1.54) is 10.9 Å². The fourth-order valence-corrected chi connectivity index (χ4v) is 3.56. The number of aryl methyl sites for hydroxylation is 1. The first-order valence-electron chi connectivity index (χ1n) is 11.1. The first kappa shape index (κ1) is 22.9. The van der Waals surface area contributed by atoms with E-state index in [1.807, 2.05) is 19.1 Å². The number of ketones is 1. The highest BCUT2D eigenvalue weighted by Gasteiger charge is 2.07. The highest BCUT2D eigenvalue weighted by Crippen LogP contribution is 2.22. The predicted octanol–water partition coefficient (Wildman–Crippen LogP) is 6.32. The zero-order chi connectivity index (χ0) is 20.9. The lowest BCUT2D eigenvalue weighted by molar-refractivity contribution is -0.143. The molecule has 0 saturated carbocycles. The van der Waals surface area contributed by atoms with E-state index in [2.05, 4.69) is 35.8 Å². The summed E-state index contributed by atoms with van der Waals surface area (Å²) in [6.45, 7) is 5.35. The van der Waals surface area contributed by atoms with Gasteiger partial charge in [0, 0.05) is 36.0 Å². The third-order valence-electron chi connectivity index (χ3n) is 5.13. The molecule has 0 N–H and O–H groups in total. The van der Waals surface area contributed by atoms with Gasteiger partial charge in [-0.05, 0) is 50.5 Å². The number of carbonyl (C=O) groups excluding carboxylic acids is 2. The molecule has 0 aliphatic carbocycles. The van der Waals surface area contributed by atoms with Crippen LogP contribution >= 0.6 is 0 Å². The largest absolute Gasteiger partial charge is 0.466 e. The second-order valence-electron chi connectivity index (χ2n) is 7.51. The van der Waals surface area contributed by atoms with Gasteiger partial charge in [0.25, 0.3) is 0 Å². The van der Waals surface area contributed by atoms with Crippen molar-refractivity contribution < 1.29 is 14.3 Å². The van der Waals surface area contributed by atoms with Crippen LogP contribution < -0.4 is 0 Å². The van der Waals surface area contributed by atoms with Crippen LogP contribution in [-0.2, 0) is 20.9 Å². The molecule has 0 spiro atoms. The smallest absolute Gasteiger partial charge is 0.305 e. The number of carbonyl (C=O) groups is 2. The summed E-state index contributed by atoms with van der Waals surface area (Å²) < 4.78 is 7.27. The molecule has 0 fully saturated rings. The maximum Gasteiger partial charge on any atom is 0.305 e. The highest BCUT2D eigenvalue weighted by molar-refractivity contribution is 5.94. The molecule has 0 saturated heterocycles. The van der Waals surface area contributed by atoms with Gasteiger partial charge in [-0.15, -0.1) is 0 Å². The molecule has 1 aromatic heterocycles. The molecule has 0 radical (unpaired) electrons. The molecule has 0 amide bonds. The van der Waals surface area contributed by atoms with Gasteiger partial charge in [-0.1, -0.05) is 50.8 Å². The van der Waals surface area contributed by atoms with Gasteiger partial charge in [-0.3, -0.25) is 9.59 Å². The molecule has 0 aliphatic heterocycles. The first-order valence-corrected chi connectivity index (χ1v) is 11.1.